The maximum absolute atomic E-state index is 12.7. The molecule has 2 aliphatic rings. The van der Waals surface area contributed by atoms with E-state index in [2.05, 4.69) is 21.3 Å². The molecule has 0 bridgehead atoms. The SMILES string of the molecule is O=C(NCC(=O)N1CCCc2ccccc21)N1CCN(c2ccccn2)CC1. The van der Waals surface area contributed by atoms with Crippen LogP contribution in [0.2, 0.25) is 0 Å². The molecule has 0 saturated carbocycles. The number of nitrogens with zero attached hydrogens (tertiary/aromatic N) is 4. The number of carbonyl (C=O) groups is 2. The number of pyridine rings is 1. The van der Waals surface area contributed by atoms with Gasteiger partial charge in [0.2, 0.25) is 5.91 Å². The third-order valence-electron chi connectivity index (χ3n) is 5.34. The fraction of sp³-hybridized carbons (Fsp3) is 0.381. The van der Waals surface area contributed by atoms with E-state index < -0.39 is 0 Å². The number of hydrogen-bond donors (Lipinski definition) is 1. The first-order chi connectivity index (χ1) is 13.7. The Hall–Kier alpha value is -3.09. The summed E-state index contributed by atoms with van der Waals surface area (Å²) in [6.45, 7) is 3.42. The van der Waals surface area contributed by atoms with Gasteiger partial charge in [-0.3, -0.25) is 4.79 Å². The van der Waals surface area contributed by atoms with Crippen LogP contribution in [0.4, 0.5) is 16.3 Å². The number of aromatic nitrogens is 1. The molecule has 1 saturated heterocycles. The van der Waals surface area contributed by atoms with Crippen LogP contribution in [0.15, 0.2) is 48.7 Å². The lowest BCUT2D eigenvalue weighted by Crippen LogP contribution is -2.53. The lowest BCUT2D eigenvalue weighted by atomic mass is 10.0. The lowest BCUT2D eigenvalue weighted by molar-refractivity contribution is -0.117. The number of nitrogens with one attached hydrogen (secondary N) is 1. The zero-order valence-electron chi connectivity index (χ0n) is 15.9. The number of benzene rings is 1. The van der Waals surface area contributed by atoms with Crippen molar-refractivity contribution in [2.24, 2.45) is 0 Å². The predicted octanol–water partition coefficient (Wildman–Crippen LogP) is 1.89. The fourth-order valence-electron chi connectivity index (χ4n) is 3.83. The summed E-state index contributed by atoms with van der Waals surface area (Å²) >= 11 is 0. The van der Waals surface area contributed by atoms with Crippen LogP contribution in [-0.4, -0.2) is 61.1 Å². The van der Waals surface area contributed by atoms with Gasteiger partial charge in [0.25, 0.3) is 0 Å². The number of aryl methyl sites for hydroxylation is 1. The standard InChI is InChI=1S/C21H25N5O2/c27-20(26-11-5-7-17-6-1-2-8-18(17)26)16-23-21(28)25-14-12-24(13-15-25)19-9-3-4-10-22-19/h1-4,6,8-10H,5,7,11-16H2,(H,23,28). The van der Waals surface area contributed by atoms with Gasteiger partial charge in [0.15, 0.2) is 0 Å². The smallest absolute Gasteiger partial charge is 0.317 e. The molecule has 1 aromatic carbocycles. The van der Waals surface area contributed by atoms with Gasteiger partial charge >= 0.3 is 6.03 Å². The van der Waals surface area contributed by atoms with E-state index in [1.54, 1.807) is 16.0 Å². The van der Waals surface area contributed by atoms with Crippen molar-refractivity contribution in [3.63, 3.8) is 0 Å². The minimum Gasteiger partial charge on any atom is -0.353 e. The Morgan fingerprint density at radius 3 is 2.54 bits per heavy atom. The van der Waals surface area contributed by atoms with Gasteiger partial charge in [-0.15, -0.1) is 0 Å². The second-order valence-corrected chi connectivity index (χ2v) is 7.10. The van der Waals surface area contributed by atoms with Crippen LogP contribution in [-0.2, 0) is 11.2 Å². The van der Waals surface area contributed by atoms with Gasteiger partial charge in [0, 0.05) is 44.6 Å². The molecular formula is C21H25N5O2. The van der Waals surface area contributed by atoms with E-state index in [-0.39, 0.29) is 18.5 Å². The summed E-state index contributed by atoms with van der Waals surface area (Å²) in [6, 6.07) is 13.6. The molecule has 0 aliphatic carbocycles. The highest BCUT2D eigenvalue weighted by Gasteiger charge is 2.25. The highest BCUT2D eigenvalue weighted by atomic mass is 16.2. The number of hydrogen-bond acceptors (Lipinski definition) is 4. The summed E-state index contributed by atoms with van der Waals surface area (Å²) in [5.41, 5.74) is 2.16. The van der Waals surface area contributed by atoms with Crippen LogP contribution in [0.3, 0.4) is 0 Å². The largest absolute Gasteiger partial charge is 0.353 e. The molecule has 4 rings (SSSR count). The zero-order valence-corrected chi connectivity index (χ0v) is 15.9. The number of urea groups is 1. The molecule has 0 radical (unpaired) electrons. The highest BCUT2D eigenvalue weighted by molar-refractivity contribution is 5.97. The highest BCUT2D eigenvalue weighted by Crippen LogP contribution is 2.26. The number of rotatable bonds is 3. The van der Waals surface area contributed by atoms with Gasteiger partial charge < -0.3 is 20.0 Å². The van der Waals surface area contributed by atoms with Crippen molar-refractivity contribution in [1.82, 2.24) is 15.2 Å². The summed E-state index contributed by atoms with van der Waals surface area (Å²) in [4.78, 5) is 35.2. The molecular weight excluding hydrogens is 354 g/mol. The van der Waals surface area contributed by atoms with E-state index in [4.69, 9.17) is 0 Å². The van der Waals surface area contributed by atoms with Crippen molar-refractivity contribution >= 4 is 23.4 Å². The Labute approximate surface area is 164 Å². The van der Waals surface area contributed by atoms with Crippen LogP contribution in [0.5, 0.6) is 0 Å². The van der Waals surface area contributed by atoms with Gasteiger partial charge in [-0.1, -0.05) is 24.3 Å². The van der Waals surface area contributed by atoms with E-state index in [0.29, 0.717) is 19.6 Å². The van der Waals surface area contributed by atoms with Gasteiger partial charge in [-0.05, 0) is 36.6 Å². The lowest BCUT2D eigenvalue weighted by Gasteiger charge is -2.35. The number of piperazine rings is 1. The topological polar surface area (TPSA) is 68.8 Å². The van der Waals surface area contributed by atoms with Crippen LogP contribution in [0.25, 0.3) is 0 Å². The maximum atomic E-state index is 12.7. The maximum Gasteiger partial charge on any atom is 0.317 e. The van der Waals surface area contributed by atoms with Crippen LogP contribution >= 0.6 is 0 Å². The Morgan fingerprint density at radius 1 is 0.964 bits per heavy atom. The average Bonchev–Trinajstić information content (AvgIpc) is 2.77. The molecule has 1 N–H and O–H groups in total. The quantitative estimate of drug-likeness (QED) is 0.884. The van der Waals surface area contributed by atoms with Gasteiger partial charge in [0.1, 0.15) is 5.82 Å². The zero-order chi connectivity index (χ0) is 19.3. The Balaban J connectivity index is 1.28. The monoisotopic (exact) mass is 379 g/mol. The molecule has 0 atom stereocenters. The number of para-hydroxylation sites is 1. The minimum atomic E-state index is -0.181. The molecule has 1 aromatic heterocycles. The molecule has 0 unspecified atom stereocenters. The van der Waals surface area contributed by atoms with E-state index in [9.17, 15) is 9.59 Å². The van der Waals surface area contributed by atoms with E-state index in [1.165, 1.54) is 5.56 Å². The van der Waals surface area contributed by atoms with E-state index in [0.717, 1.165) is 37.4 Å². The molecule has 146 valence electrons. The number of anilines is 2. The molecule has 3 amide bonds. The van der Waals surface area contributed by atoms with Crippen LogP contribution in [0.1, 0.15) is 12.0 Å². The Kier molecular flexibility index (Phi) is 5.41. The summed E-state index contributed by atoms with van der Waals surface area (Å²) in [5, 5.41) is 2.80. The predicted molar refractivity (Wildman–Crippen MR) is 109 cm³/mol. The number of carbonyl (C=O) groups excluding carboxylic acids is 2. The molecule has 7 heteroatoms. The summed E-state index contributed by atoms with van der Waals surface area (Å²) in [7, 11) is 0. The summed E-state index contributed by atoms with van der Waals surface area (Å²) in [5.74, 6) is 0.870. The van der Waals surface area contributed by atoms with Crippen molar-refractivity contribution in [2.75, 3.05) is 49.1 Å². The first-order valence-corrected chi connectivity index (χ1v) is 9.79. The molecule has 28 heavy (non-hydrogen) atoms. The third kappa shape index (κ3) is 3.93. The van der Waals surface area contributed by atoms with Crippen molar-refractivity contribution in [1.29, 1.82) is 0 Å². The van der Waals surface area contributed by atoms with Gasteiger partial charge in [-0.25, -0.2) is 9.78 Å². The summed E-state index contributed by atoms with van der Waals surface area (Å²) < 4.78 is 0. The first kappa shape index (κ1) is 18.3. The molecule has 0 spiro atoms. The molecule has 2 aromatic rings. The van der Waals surface area contributed by atoms with Gasteiger partial charge in [-0.2, -0.15) is 0 Å². The number of fused-ring (bicyclic) bond motifs is 1. The summed E-state index contributed by atoms with van der Waals surface area (Å²) in [6.07, 6.45) is 3.72. The molecule has 1 fully saturated rings. The van der Waals surface area contributed by atoms with Crippen LogP contribution < -0.4 is 15.1 Å². The van der Waals surface area contributed by atoms with Crippen molar-refractivity contribution < 1.29 is 9.59 Å². The Morgan fingerprint density at radius 2 is 1.75 bits per heavy atom. The molecule has 7 nitrogen and oxygen atoms in total. The third-order valence-corrected chi connectivity index (χ3v) is 5.34. The molecule has 2 aliphatic heterocycles. The Bertz CT molecular complexity index is 834. The van der Waals surface area contributed by atoms with Crippen molar-refractivity contribution in [3.05, 3.63) is 54.2 Å². The second kappa shape index (κ2) is 8.29. The van der Waals surface area contributed by atoms with Crippen molar-refractivity contribution in [2.45, 2.75) is 12.8 Å². The average molecular weight is 379 g/mol. The van der Waals surface area contributed by atoms with E-state index in [1.807, 2.05) is 36.4 Å². The second-order valence-electron chi connectivity index (χ2n) is 7.10. The van der Waals surface area contributed by atoms with Crippen LogP contribution in [0, 0.1) is 0 Å². The minimum absolute atomic E-state index is 0.0215. The molecule has 3 heterocycles. The van der Waals surface area contributed by atoms with E-state index >= 15 is 0 Å². The van der Waals surface area contributed by atoms with Crippen molar-refractivity contribution in [3.8, 4) is 0 Å². The number of amides is 3. The first-order valence-electron chi connectivity index (χ1n) is 9.79. The van der Waals surface area contributed by atoms with Gasteiger partial charge in [0.05, 0.1) is 6.54 Å². The normalized spacial score (nSPS) is 16.5. The fourth-order valence-corrected chi connectivity index (χ4v) is 3.83.